The molecular formula is C15H14BrNO2. The number of benzene rings is 2. The zero-order valence-electron chi connectivity index (χ0n) is 10.3. The molecule has 98 valence electrons. The molecule has 0 aliphatic carbocycles. The number of hydrogen-bond donors (Lipinski definition) is 2. The Morgan fingerprint density at radius 3 is 2.74 bits per heavy atom. The van der Waals surface area contributed by atoms with Crippen molar-refractivity contribution in [3.05, 3.63) is 42.5 Å². The maximum atomic E-state index is 9.58. The molecule has 4 heteroatoms. The van der Waals surface area contributed by atoms with E-state index in [1.54, 1.807) is 0 Å². The van der Waals surface area contributed by atoms with Gasteiger partial charge in [0, 0.05) is 21.6 Å². The van der Waals surface area contributed by atoms with Gasteiger partial charge in [-0.25, -0.2) is 0 Å². The van der Waals surface area contributed by atoms with Crippen molar-refractivity contribution in [2.24, 2.45) is 0 Å². The SMILES string of the molecule is OC(CBr)COc1cccc2[nH]c3ccccc3c12. The number of halogens is 1. The molecule has 2 aromatic carbocycles. The van der Waals surface area contributed by atoms with E-state index in [2.05, 4.69) is 27.0 Å². The van der Waals surface area contributed by atoms with Crippen LogP contribution in [-0.4, -0.2) is 28.1 Å². The predicted octanol–water partition coefficient (Wildman–Crippen LogP) is 3.46. The first-order chi connectivity index (χ1) is 9.29. The van der Waals surface area contributed by atoms with Crippen molar-refractivity contribution in [3.8, 4) is 5.75 Å². The highest BCUT2D eigenvalue weighted by atomic mass is 79.9. The molecule has 19 heavy (non-hydrogen) atoms. The average Bonchev–Trinajstić information content (AvgIpc) is 2.83. The summed E-state index contributed by atoms with van der Waals surface area (Å²) in [6, 6.07) is 14.1. The molecule has 0 spiro atoms. The number of aliphatic hydroxyl groups excluding tert-OH is 1. The van der Waals surface area contributed by atoms with Crippen LogP contribution in [0.4, 0.5) is 0 Å². The van der Waals surface area contributed by atoms with Crippen molar-refractivity contribution in [2.45, 2.75) is 6.10 Å². The number of aromatic amines is 1. The van der Waals surface area contributed by atoms with Crippen LogP contribution < -0.4 is 4.74 Å². The van der Waals surface area contributed by atoms with Crippen LogP contribution in [0.25, 0.3) is 21.8 Å². The molecule has 0 radical (unpaired) electrons. The third-order valence-corrected chi connectivity index (χ3v) is 3.85. The first-order valence-electron chi connectivity index (χ1n) is 6.16. The van der Waals surface area contributed by atoms with Crippen molar-refractivity contribution in [2.75, 3.05) is 11.9 Å². The number of nitrogens with one attached hydrogen (secondary N) is 1. The monoisotopic (exact) mass is 319 g/mol. The highest BCUT2D eigenvalue weighted by Crippen LogP contribution is 2.32. The van der Waals surface area contributed by atoms with Gasteiger partial charge in [-0.05, 0) is 18.2 Å². The molecule has 1 heterocycles. The zero-order chi connectivity index (χ0) is 13.2. The molecule has 0 amide bonds. The van der Waals surface area contributed by atoms with E-state index in [1.165, 1.54) is 0 Å². The molecule has 0 fully saturated rings. The molecule has 3 rings (SSSR count). The summed E-state index contributed by atoms with van der Waals surface area (Å²) in [4.78, 5) is 3.37. The lowest BCUT2D eigenvalue weighted by atomic mass is 10.1. The Labute approximate surface area is 119 Å². The number of H-pyrrole nitrogens is 1. The number of rotatable bonds is 4. The normalized spacial score (nSPS) is 12.9. The average molecular weight is 320 g/mol. The lowest BCUT2D eigenvalue weighted by Crippen LogP contribution is -2.18. The molecule has 3 aromatic rings. The van der Waals surface area contributed by atoms with Gasteiger partial charge >= 0.3 is 0 Å². The zero-order valence-corrected chi connectivity index (χ0v) is 11.9. The van der Waals surface area contributed by atoms with Crippen molar-refractivity contribution in [1.82, 2.24) is 4.98 Å². The van der Waals surface area contributed by atoms with Gasteiger partial charge in [0.05, 0.1) is 11.6 Å². The Morgan fingerprint density at radius 1 is 1.11 bits per heavy atom. The molecule has 0 aliphatic heterocycles. The third kappa shape index (κ3) is 2.33. The maximum absolute atomic E-state index is 9.58. The van der Waals surface area contributed by atoms with Crippen molar-refractivity contribution in [3.63, 3.8) is 0 Å². The number of ether oxygens (including phenoxy) is 1. The van der Waals surface area contributed by atoms with E-state index in [-0.39, 0.29) is 6.61 Å². The molecule has 1 aromatic heterocycles. The molecule has 3 nitrogen and oxygen atoms in total. The highest BCUT2D eigenvalue weighted by Gasteiger charge is 2.10. The predicted molar refractivity (Wildman–Crippen MR) is 81.1 cm³/mol. The Bertz CT molecular complexity index is 708. The van der Waals surface area contributed by atoms with Gasteiger partial charge in [0.25, 0.3) is 0 Å². The number of hydrogen-bond acceptors (Lipinski definition) is 2. The van der Waals surface area contributed by atoms with Gasteiger partial charge in [-0.1, -0.05) is 40.2 Å². The van der Waals surface area contributed by atoms with Gasteiger partial charge in [0.1, 0.15) is 12.4 Å². The molecule has 0 saturated heterocycles. The first kappa shape index (κ1) is 12.5. The highest BCUT2D eigenvalue weighted by molar-refractivity contribution is 9.09. The number of alkyl halides is 1. The second-order valence-electron chi connectivity index (χ2n) is 4.47. The fraction of sp³-hybridized carbons (Fsp3) is 0.200. The van der Waals surface area contributed by atoms with Crippen LogP contribution in [0.2, 0.25) is 0 Å². The Balaban J connectivity index is 2.08. The van der Waals surface area contributed by atoms with E-state index >= 15 is 0 Å². The number of aromatic nitrogens is 1. The van der Waals surface area contributed by atoms with Crippen LogP contribution in [0.15, 0.2) is 42.5 Å². The van der Waals surface area contributed by atoms with E-state index < -0.39 is 6.10 Å². The van der Waals surface area contributed by atoms with E-state index in [0.717, 1.165) is 27.6 Å². The number of aliphatic hydroxyl groups is 1. The van der Waals surface area contributed by atoms with Gasteiger partial charge < -0.3 is 14.8 Å². The Kier molecular flexibility index (Phi) is 3.44. The number of fused-ring (bicyclic) bond motifs is 3. The van der Waals surface area contributed by atoms with Gasteiger partial charge in [-0.2, -0.15) is 0 Å². The fourth-order valence-electron chi connectivity index (χ4n) is 2.22. The summed E-state index contributed by atoms with van der Waals surface area (Å²) in [5, 5.41) is 12.3. The molecule has 2 N–H and O–H groups in total. The molecular weight excluding hydrogens is 306 g/mol. The summed E-state index contributed by atoms with van der Waals surface area (Å²) in [7, 11) is 0. The second kappa shape index (κ2) is 5.23. The minimum atomic E-state index is -0.500. The molecule has 1 atom stereocenters. The Morgan fingerprint density at radius 2 is 1.89 bits per heavy atom. The van der Waals surface area contributed by atoms with Crippen LogP contribution in [0.1, 0.15) is 0 Å². The maximum Gasteiger partial charge on any atom is 0.129 e. The Hall–Kier alpha value is -1.52. The summed E-state index contributed by atoms with van der Waals surface area (Å²) in [5.41, 5.74) is 2.14. The second-order valence-corrected chi connectivity index (χ2v) is 5.12. The van der Waals surface area contributed by atoms with Crippen molar-refractivity contribution >= 4 is 37.7 Å². The quantitative estimate of drug-likeness (QED) is 0.723. The standard InChI is InChI=1S/C15H14BrNO2/c16-8-10(18)9-19-14-7-3-6-13-15(14)11-4-1-2-5-12(11)17-13/h1-7,10,17-18H,8-9H2. The third-order valence-electron chi connectivity index (χ3n) is 3.10. The van der Waals surface area contributed by atoms with E-state index in [4.69, 9.17) is 4.74 Å². The summed E-state index contributed by atoms with van der Waals surface area (Å²) in [6.45, 7) is 0.282. The van der Waals surface area contributed by atoms with E-state index in [1.807, 2.05) is 36.4 Å². The minimum Gasteiger partial charge on any atom is -0.490 e. The van der Waals surface area contributed by atoms with Crippen LogP contribution in [0.5, 0.6) is 5.75 Å². The lowest BCUT2D eigenvalue weighted by Gasteiger charge is -2.10. The van der Waals surface area contributed by atoms with Gasteiger partial charge in [-0.15, -0.1) is 0 Å². The smallest absolute Gasteiger partial charge is 0.129 e. The van der Waals surface area contributed by atoms with Gasteiger partial charge in [0.15, 0.2) is 0 Å². The molecule has 0 saturated carbocycles. The first-order valence-corrected chi connectivity index (χ1v) is 7.28. The molecule has 0 aliphatic rings. The number of para-hydroxylation sites is 1. The summed E-state index contributed by atoms with van der Waals surface area (Å²) in [6.07, 6.45) is -0.500. The topological polar surface area (TPSA) is 45.2 Å². The van der Waals surface area contributed by atoms with Crippen LogP contribution in [-0.2, 0) is 0 Å². The summed E-state index contributed by atoms with van der Waals surface area (Å²) in [5.74, 6) is 0.801. The minimum absolute atomic E-state index is 0.282. The summed E-state index contributed by atoms with van der Waals surface area (Å²) >= 11 is 3.23. The van der Waals surface area contributed by atoms with E-state index in [9.17, 15) is 5.11 Å². The van der Waals surface area contributed by atoms with Crippen molar-refractivity contribution in [1.29, 1.82) is 0 Å². The van der Waals surface area contributed by atoms with Crippen molar-refractivity contribution < 1.29 is 9.84 Å². The summed E-state index contributed by atoms with van der Waals surface area (Å²) < 4.78 is 5.74. The lowest BCUT2D eigenvalue weighted by molar-refractivity contribution is 0.128. The van der Waals surface area contributed by atoms with Gasteiger partial charge in [0.2, 0.25) is 0 Å². The molecule has 0 bridgehead atoms. The van der Waals surface area contributed by atoms with Crippen LogP contribution in [0.3, 0.4) is 0 Å². The largest absolute Gasteiger partial charge is 0.490 e. The van der Waals surface area contributed by atoms with Crippen LogP contribution in [0, 0.1) is 0 Å². The molecule has 1 unspecified atom stereocenters. The van der Waals surface area contributed by atoms with Crippen LogP contribution >= 0.6 is 15.9 Å². The van der Waals surface area contributed by atoms with E-state index in [0.29, 0.717) is 5.33 Å². The van der Waals surface area contributed by atoms with Gasteiger partial charge in [-0.3, -0.25) is 0 Å². The fourth-order valence-corrected chi connectivity index (χ4v) is 2.41.